The van der Waals surface area contributed by atoms with Crippen LogP contribution in [0.4, 0.5) is 18.9 Å². The molecule has 6 nitrogen and oxygen atoms in total. The van der Waals surface area contributed by atoms with Crippen LogP contribution in [0.15, 0.2) is 70.7 Å². The monoisotopic (exact) mass is 472 g/mol. The Morgan fingerprint density at radius 3 is 2.26 bits per heavy atom. The Balaban J connectivity index is 2.01. The van der Waals surface area contributed by atoms with Crippen LogP contribution in [0, 0.1) is 0 Å². The van der Waals surface area contributed by atoms with Gasteiger partial charge in [-0.1, -0.05) is 48.5 Å². The summed E-state index contributed by atoms with van der Waals surface area (Å²) < 4.78 is 53.7. The number of benzene rings is 2. The minimum Gasteiger partial charge on any atom is -0.466 e. The molecule has 9 heteroatoms. The van der Waals surface area contributed by atoms with Crippen molar-refractivity contribution < 1.29 is 32.2 Å². The zero-order valence-corrected chi connectivity index (χ0v) is 19.1. The van der Waals surface area contributed by atoms with Crippen LogP contribution in [-0.4, -0.2) is 36.6 Å². The van der Waals surface area contributed by atoms with Gasteiger partial charge < -0.3 is 14.4 Å². The Labute approximate surface area is 194 Å². The van der Waals surface area contributed by atoms with E-state index in [-0.39, 0.29) is 12.1 Å². The van der Waals surface area contributed by atoms with E-state index in [0.717, 1.165) is 12.7 Å². The first kappa shape index (κ1) is 23.5. The molecule has 0 fully saturated rings. The van der Waals surface area contributed by atoms with Crippen LogP contribution in [0.2, 0.25) is 0 Å². The summed E-state index contributed by atoms with van der Waals surface area (Å²) in [6, 6.07) is 15.3. The number of esters is 1. The van der Waals surface area contributed by atoms with Crippen LogP contribution < -0.4 is 4.90 Å². The molecule has 0 bridgehead atoms. The molecule has 2 aromatic rings. The van der Waals surface area contributed by atoms with Crippen molar-refractivity contribution in [2.45, 2.75) is 44.6 Å². The molecule has 1 atom stereocenters. The quantitative estimate of drug-likeness (QED) is 0.608. The van der Waals surface area contributed by atoms with E-state index in [1.54, 1.807) is 63.2 Å². The Morgan fingerprint density at radius 2 is 1.68 bits per heavy atom. The molecule has 0 saturated carbocycles. The number of aliphatic imine (C=N–C) groups is 1. The first-order valence-electron chi connectivity index (χ1n) is 10.5. The second-order valence-corrected chi connectivity index (χ2v) is 9.00. The molecule has 0 radical (unpaired) electrons. The van der Waals surface area contributed by atoms with Gasteiger partial charge >= 0.3 is 12.1 Å². The fraction of sp³-hybridized carbons (Fsp3) is 0.320. The van der Waals surface area contributed by atoms with E-state index in [1.165, 1.54) is 11.0 Å². The lowest BCUT2D eigenvalue weighted by molar-refractivity contribution is -0.143. The summed E-state index contributed by atoms with van der Waals surface area (Å²) in [6.07, 6.45) is -5.03. The van der Waals surface area contributed by atoms with Crippen LogP contribution in [0.1, 0.15) is 31.9 Å². The number of hydrogen-bond acceptors (Lipinski definition) is 5. The maximum atomic E-state index is 14.4. The second-order valence-electron chi connectivity index (χ2n) is 9.00. The van der Waals surface area contributed by atoms with E-state index in [4.69, 9.17) is 9.47 Å². The van der Waals surface area contributed by atoms with E-state index in [2.05, 4.69) is 4.99 Å². The first-order chi connectivity index (χ1) is 15.9. The first-order valence-corrected chi connectivity index (χ1v) is 10.5. The van der Waals surface area contributed by atoms with Gasteiger partial charge in [0.2, 0.25) is 11.5 Å². The van der Waals surface area contributed by atoms with Crippen LogP contribution in [0.25, 0.3) is 0 Å². The molecule has 0 N–H and O–H groups in total. The number of methoxy groups -OCH3 is 1. The van der Waals surface area contributed by atoms with Crippen LogP contribution in [0.3, 0.4) is 0 Å². The van der Waals surface area contributed by atoms with Crippen molar-refractivity contribution in [3.05, 3.63) is 76.9 Å². The van der Waals surface area contributed by atoms with Crippen molar-refractivity contribution >= 4 is 23.5 Å². The fourth-order valence-electron chi connectivity index (χ4n) is 4.21. The standard InChI is InChI=1S/C25H23F3N2O4/c1-23(2,3)29-20-18(25(26,27)28)19(21(31)33-4)24(34-20)16-12-8-9-13-17(16)30(22(24)32)14-15-10-6-5-7-11-15/h5-13H,14H2,1-4H3. The molecule has 1 spiro atoms. The molecule has 34 heavy (non-hydrogen) atoms. The molecular formula is C25H23F3N2O4. The number of carbonyl (C=O) groups is 2. The molecule has 0 aromatic heterocycles. The lowest BCUT2D eigenvalue weighted by Gasteiger charge is -2.26. The largest absolute Gasteiger partial charge is 0.466 e. The van der Waals surface area contributed by atoms with Gasteiger partial charge in [0, 0.05) is 5.56 Å². The van der Waals surface area contributed by atoms with Gasteiger partial charge in [-0.2, -0.15) is 13.2 Å². The molecule has 0 saturated heterocycles. The third-order valence-electron chi connectivity index (χ3n) is 5.48. The van der Waals surface area contributed by atoms with Crippen molar-refractivity contribution in [1.82, 2.24) is 0 Å². The molecule has 2 heterocycles. The number of hydrogen-bond donors (Lipinski definition) is 0. The van der Waals surface area contributed by atoms with Crippen LogP contribution in [0.5, 0.6) is 0 Å². The average Bonchev–Trinajstić information content (AvgIpc) is 3.22. The summed E-state index contributed by atoms with van der Waals surface area (Å²) in [5.74, 6) is -2.94. The van der Waals surface area contributed by atoms with Gasteiger partial charge in [-0.25, -0.2) is 9.79 Å². The molecule has 1 amide bonds. The number of nitrogens with zero attached hydrogens (tertiary/aromatic N) is 2. The van der Waals surface area contributed by atoms with Gasteiger partial charge in [0.15, 0.2) is 0 Å². The summed E-state index contributed by atoms with van der Waals surface area (Å²) >= 11 is 0. The van der Waals surface area contributed by atoms with Gasteiger partial charge in [0.25, 0.3) is 5.91 Å². The predicted molar refractivity (Wildman–Crippen MR) is 119 cm³/mol. The molecule has 4 rings (SSSR count). The lowest BCUT2D eigenvalue weighted by atomic mass is 9.85. The SMILES string of the molecule is COC(=O)C1=C(C(F)(F)F)C(=NC(C)(C)C)OC12C(=O)N(Cc1ccccc1)c1ccccc12. The van der Waals surface area contributed by atoms with Gasteiger partial charge in [-0.15, -0.1) is 0 Å². The Bertz CT molecular complexity index is 1210. The topological polar surface area (TPSA) is 68.2 Å². The minimum absolute atomic E-state index is 0.0728. The second kappa shape index (κ2) is 8.00. The Morgan fingerprint density at radius 1 is 1.06 bits per heavy atom. The van der Waals surface area contributed by atoms with Gasteiger partial charge in [-0.05, 0) is 32.4 Å². The van der Waals surface area contributed by atoms with E-state index in [0.29, 0.717) is 5.69 Å². The summed E-state index contributed by atoms with van der Waals surface area (Å²) in [7, 11) is 0.961. The summed E-state index contributed by atoms with van der Waals surface area (Å²) in [5.41, 5.74) is -4.45. The van der Waals surface area contributed by atoms with Crippen molar-refractivity contribution in [1.29, 1.82) is 0 Å². The molecule has 178 valence electrons. The summed E-state index contributed by atoms with van der Waals surface area (Å²) in [6.45, 7) is 4.84. The summed E-state index contributed by atoms with van der Waals surface area (Å²) in [4.78, 5) is 32.2. The number of para-hydroxylation sites is 1. The smallest absolute Gasteiger partial charge is 0.422 e. The number of halogens is 3. The number of amides is 1. The number of anilines is 1. The van der Waals surface area contributed by atoms with E-state index in [1.807, 2.05) is 6.07 Å². The van der Waals surface area contributed by atoms with E-state index in [9.17, 15) is 22.8 Å². The zero-order valence-electron chi connectivity index (χ0n) is 19.1. The minimum atomic E-state index is -5.03. The highest BCUT2D eigenvalue weighted by Crippen LogP contribution is 2.55. The van der Waals surface area contributed by atoms with Crippen molar-refractivity contribution in [2.24, 2.45) is 4.99 Å². The van der Waals surface area contributed by atoms with E-state index < -0.39 is 46.2 Å². The lowest BCUT2D eigenvalue weighted by Crippen LogP contribution is -2.44. The molecule has 2 aliphatic heterocycles. The third-order valence-corrected chi connectivity index (χ3v) is 5.48. The molecule has 0 aliphatic carbocycles. The van der Waals surface area contributed by atoms with Gasteiger partial charge in [0.1, 0.15) is 11.1 Å². The molecule has 2 aliphatic rings. The van der Waals surface area contributed by atoms with Crippen molar-refractivity contribution in [2.75, 3.05) is 12.0 Å². The highest BCUT2D eigenvalue weighted by atomic mass is 19.4. The molecular weight excluding hydrogens is 449 g/mol. The molecule has 2 aromatic carbocycles. The van der Waals surface area contributed by atoms with Gasteiger partial charge in [-0.3, -0.25) is 4.79 Å². The normalized spacial score (nSPS) is 21.3. The Kier molecular flexibility index (Phi) is 5.54. The van der Waals surface area contributed by atoms with Crippen LogP contribution >= 0.6 is 0 Å². The number of ether oxygens (including phenoxy) is 2. The maximum absolute atomic E-state index is 14.4. The highest BCUT2D eigenvalue weighted by Gasteiger charge is 2.67. The number of alkyl halides is 3. The third kappa shape index (κ3) is 3.74. The number of rotatable bonds is 3. The van der Waals surface area contributed by atoms with Crippen molar-refractivity contribution in [3.8, 4) is 0 Å². The summed E-state index contributed by atoms with van der Waals surface area (Å²) in [5, 5.41) is 0. The maximum Gasteiger partial charge on any atom is 0.422 e. The zero-order chi connectivity index (χ0) is 24.9. The van der Waals surface area contributed by atoms with Gasteiger partial charge in [0.05, 0.1) is 24.9 Å². The number of carbonyl (C=O) groups excluding carboxylic acids is 2. The fourth-order valence-corrected chi connectivity index (χ4v) is 4.21. The molecule has 1 unspecified atom stereocenters. The Hall–Kier alpha value is -3.62. The number of fused-ring (bicyclic) bond motifs is 2. The average molecular weight is 472 g/mol. The predicted octanol–water partition coefficient (Wildman–Crippen LogP) is 4.69. The van der Waals surface area contributed by atoms with E-state index >= 15 is 0 Å². The van der Waals surface area contributed by atoms with Crippen LogP contribution in [-0.2, 0) is 31.2 Å². The van der Waals surface area contributed by atoms with Crippen molar-refractivity contribution in [3.63, 3.8) is 0 Å². The highest BCUT2D eigenvalue weighted by molar-refractivity contribution is 6.21.